The van der Waals surface area contributed by atoms with Gasteiger partial charge in [0.15, 0.2) is 0 Å². The van der Waals surface area contributed by atoms with Crippen LogP contribution in [-0.2, 0) is 6.18 Å². The fourth-order valence-electron chi connectivity index (χ4n) is 3.20. The maximum Gasteiger partial charge on any atom is 0.416 e. The second-order valence-electron chi connectivity index (χ2n) is 7.42. The number of hydrogen-bond donors (Lipinski definition) is 3. The topological polar surface area (TPSA) is 74.7 Å². The van der Waals surface area contributed by atoms with Crippen molar-refractivity contribution in [2.24, 2.45) is 0 Å². The number of H-pyrrole nitrogens is 1. The zero-order valence-corrected chi connectivity index (χ0v) is 16.8. The highest BCUT2D eigenvalue weighted by molar-refractivity contribution is 6.06. The second-order valence-corrected chi connectivity index (χ2v) is 7.42. The number of fused-ring (bicyclic) bond motifs is 1. The van der Waals surface area contributed by atoms with Gasteiger partial charge in [0.25, 0.3) is 0 Å². The van der Waals surface area contributed by atoms with Crippen LogP contribution in [0.15, 0.2) is 61.1 Å². The molecule has 4 rings (SSSR count). The Balaban J connectivity index is 1.52. The number of aromatic amines is 1. The summed E-state index contributed by atoms with van der Waals surface area (Å²) < 4.78 is 39.9. The largest absolute Gasteiger partial charge is 0.416 e. The third-order valence-electron chi connectivity index (χ3n) is 4.86. The number of carbonyl (C=O) groups is 1. The Bertz CT molecular complexity index is 1220. The highest BCUT2D eigenvalue weighted by Crippen LogP contribution is 2.31. The van der Waals surface area contributed by atoms with Crippen LogP contribution in [-0.4, -0.2) is 20.8 Å². The molecule has 31 heavy (non-hydrogen) atoms. The van der Waals surface area contributed by atoms with Crippen molar-refractivity contribution in [1.29, 1.82) is 0 Å². The lowest BCUT2D eigenvalue weighted by molar-refractivity contribution is -0.137. The number of halogens is 3. The van der Waals surface area contributed by atoms with E-state index >= 15 is 0 Å². The molecule has 0 aliphatic carbocycles. The molecular formula is C22H20F3N5O. The molecule has 0 saturated carbocycles. The fourth-order valence-corrected chi connectivity index (χ4v) is 3.20. The summed E-state index contributed by atoms with van der Waals surface area (Å²) in [6.07, 6.45) is 0.994. The van der Waals surface area contributed by atoms with Gasteiger partial charge in [-0.3, -0.25) is 4.68 Å². The molecule has 0 spiro atoms. The molecule has 4 aromatic rings. The summed E-state index contributed by atoms with van der Waals surface area (Å²) in [6, 6.07) is 9.78. The molecule has 0 fully saturated rings. The highest BCUT2D eigenvalue weighted by atomic mass is 19.4. The van der Waals surface area contributed by atoms with Crippen molar-refractivity contribution in [3.63, 3.8) is 0 Å². The normalized spacial score (nSPS) is 11.8. The number of carbonyl (C=O) groups excluding carboxylic acids is 1. The van der Waals surface area contributed by atoms with E-state index in [0.717, 1.165) is 34.2 Å². The van der Waals surface area contributed by atoms with E-state index in [4.69, 9.17) is 0 Å². The molecule has 0 aliphatic heterocycles. The first kappa shape index (κ1) is 20.5. The van der Waals surface area contributed by atoms with Crippen LogP contribution in [0.5, 0.6) is 0 Å². The Hall–Kier alpha value is -3.75. The van der Waals surface area contributed by atoms with Crippen molar-refractivity contribution < 1.29 is 18.0 Å². The van der Waals surface area contributed by atoms with Crippen molar-refractivity contribution in [3.05, 3.63) is 66.6 Å². The first-order chi connectivity index (χ1) is 14.7. The van der Waals surface area contributed by atoms with Crippen molar-refractivity contribution >= 4 is 28.3 Å². The summed E-state index contributed by atoms with van der Waals surface area (Å²) in [6.45, 7) is 4.09. The number of aromatic nitrogens is 3. The van der Waals surface area contributed by atoms with Crippen molar-refractivity contribution in [2.75, 3.05) is 10.6 Å². The number of rotatable bonds is 4. The van der Waals surface area contributed by atoms with Crippen LogP contribution in [0, 0.1) is 0 Å². The minimum atomic E-state index is -4.42. The third kappa shape index (κ3) is 4.40. The molecule has 160 valence electrons. The molecule has 0 atom stereocenters. The van der Waals surface area contributed by atoms with Crippen LogP contribution in [0.3, 0.4) is 0 Å². The van der Waals surface area contributed by atoms with Crippen LogP contribution in [0.1, 0.15) is 25.5 Å². The standard InChI is InChI=1S/C22H20F3N5O/c1-13(2)30-12-15(10-27-30)14-3-8-19-18(9-14)20(11-26-19)29-21(31)28-17-6-4-16(5-7-17)22(23,24)25/h3-13,26H,1-2H3,(H2,28,29,31). The number of alkyl halides is 3. The van der Waals surface area contributed by atoms with Crippen LogP contribution in [0.25, 0.3) is 22.0 Å². The molecule has 0 saturated heterocycles. The molecule has 0 radical (unpaired) electrons. The maximum absolute atomic E-state index is 12.7. The Kier molecular flexibility index (Phi) is 5.18. The second kappa shape index (κ2) is 7.82. The lowest BCUT2D eigenvalue weighted by Gasteiger charge is -2.09. The zero-order chi connectivity index (χ0) is 22.2. The predicted octanol–water partition coefficient (Wildman–Crippen LogP) is 6.28. The van der Waals surface area contributed by atoms with Gasteiger partial charge in [-0.1, -0.05) is 6.07 Å². The van der Waals surface area contributed by atoms with Crippen LogP contribution < -0.4 is 10.6 Å². The maximum atomic E-state index is 12.7. The molecule has 0 aliphatic rings. The summed E-state index contributed by atoms with van der Waals surface area (Å²) in [5.74, 6) is 0. The first-order valence-corrected chi connectivity index (χ1v) is 9.61. The molecule has 0 bridgehead atoms. The fraction of sp³-hybridized carbons (Fsp3) is 0.182. The highest BCUT2D eigenvalue weighted by Gasteiger charge is 2.30. The molecular weight excluding hydrogens is 407 g/mol. The van der Waals surface area contributed by atoms with E-state index in [-0.39, 0.29) is 11.7 Å². The lowest BCUT2D eigenvalue weighted by atomic mass is 10.1. The third-order valence-corrected chi connectivity index (χ3v) is 4.86. The Morgan fingerprint density at radius 3 is 2.45 bits per heavy atom. The molecule has 3 N–H and O–H groups in total. The number of nitrogens with zero attached hydrogens (tertiary/aromatic N) is 2. The van der Waals surface area contributed by atoms with E-state index in [2.05, 4.69) is 20.7 Å². The molecule has 2 aromatic heterocycles. The summed E-state index contributed by atoms with van der Waals surface area (Å²) in [7, 11) is 0. The Morgan fingerprint density at radius 1 is 1.06 bits per heavy atom. The average molecular weight is 427 g/mol. The molecule has 6 nitrogen and oxygen atoms in total. The van der Waals surface area contributed by atoms with Gasteiger partial charge in [0.05, 0.1) is 17.4 Å². The van der Waals surface area contributed by atoms with Gasteiger partial charge in [-0.05, 0) is 55.8 Å². The van der Waals surface area contributed by atoms with Gasteiger partial charge in [0.1, 0.15) is 0 Å². The Morgan fingerprint density at radius 2 is 1.81 bits per heavy atom. The minimum absolute atomic E-state index is 0.246. The van der Waals surface area contributed by atoms with Gasteiger partial charge in [0.2, 0.25) is 0 Å². The molecule has 2 amide bonds. The van der Waals surface area contributed by atoms with E-state index < -0.39 is 17.8 Å². The average Bonchev–Trinajstić information content (AvgIpc) is 3.35. The summed E-state index contributed by atoms with van der Waals surface area (Å²) in [4.78, 5) is 15.5. The van der Waals surface area contributed by atoms with Gasteiger partial charge in [-0.15, -0.1) is 0 Å². The molecule has 2 heterocycles. The number of urea groups is 1. The molecule has 0 unspecified atom stereocenters. The number of anilines is 2. The molecule has 9 heteroatoms. The summed E-state index contributed by atoms with van der Waals surface area (Å²) in [5.41, 5.74) is 2.78. The van der Waals surface area contributed by atoms with Crippen LogP contribution in [0.4, 0.5) is 29.3 Å². The summed E-state index contributed by atoms with van der Waals surface area (Å²) >= 11 is 0. The lowest BCUT2D eigenvalue weighted by Crippen LogP contribution is -2.19. The van der Waals surface area contributed by atoms with Gasteiger partial charge in [-0.25, -0.2) is 4.79 Å². The predicted molar refractivity (Wildman–Crippen MR) is 114 cm³/mol. The van der Waals surface area contributed by atoms with Gasteiger partial charge < -0.3 is 15.6 Å². The van der Waals surface area contributed by atoms with Crippen molar-refractivity contribution in [3.8, 4) is 11.1 Å². The van der Waals surface area contributed by atoms with E-state index in [0.29, 0.717) is 5.69 Å². The van der Waals surface area contributed by atoms with Gasteiger partial charge in [0, 0.05) is 40.6 Å². The van der Waals surface area contributed by atoms with Crippen LogP contribution in [0.2, 0.25) is 0 Å². The number of benzene rings is 2. The van der Waals surface area contributed by atoms with E-state index in [9.17, 15) is 18.0 Å². The van der Waals surface area contributed by atoms with Crippen molar-refractivity contribution in [2.45, 2.75) is 26.1 Å². The Labute approximate surface area is 176 Å². The minimum Gasteiger partial charge on any atom is -0.359 e. The monoisotopic (exact) mass is 427 g/mol. The van der Waals surface area contributed by atoms with E-state index in [1.165, 1.54) is 12.1 Å². The van der Waals surface area contributed by atoms with Crippen LogP contribution >= 0.6 is 0 Å². The van der Waals surface area contributed by atoms with E-state index in [1.54, 1.807) is 12.4 Å². The smallest absolute Gasteiger partial charge is 0.359 e. The van der Waals surface area contributed by atoms with E-state index in [1.807, 2.05) is 42.9 Å². The number of amides is 2. The first-order valence-electron chi connectivity index (χ1n) is 9.61. The molecule has 2 aromatic carbocycles. The summed E-state index contributed by atoms with van der Waals surface area (Å²) in [5, 5.41) is 10.4. The number of nitrogens with one attached hydrogen (secondary N) is 3. The van der Waals surface area contributed by atoms with Gasteiger partial charge in [-0.2, -0.15) is 18.3 Å². The number of hydrogen-bond acceptors (Lipinski definition) is 2. The quantitative estimate of drug-likeness (QED) is 0.359. The van der Waals surface area contributed by atoms with Gasteiger partial charge >= 0.3 is 12.2 Å². The SMILES string of the molecule is CC(C)n1cc(-c2ccc3[nH]cc(NC(=O)Nc4ccc(C(F)(F)F)cc4)c3c2)cn1. The zero-order valence-electron chi connectivity index (χ0n) is 16.8. The van der Waals surface area contributed by atoms with Crippen molar-refractivity contribution in [1.82, 2.24) is 14.8 Å².